The van der Waals surface area contributed by atoms with Crippen LogP contribution in [0.3, 0.4) is 0 Å². The van der Waals surface area contributed by atoms with Crippen LogP contribution < -0.4 is 10.1 Å². The second-order valence-electron chi connectivity index (χ2n) is 7.01. The molecule has 1 heterocycles. The molecule has 1 unspecified atom stereocenters. The number of aromatic nitrogens is 2. The Labute approximate surface area is 176 Å². The number of nitrogens with zero attached hydrogens (tertiary/aromatic N) is 3. The number of carbonyl (C=O) groups is 1. The Balaban J connectivity index is 1.85. The SMILES string of the molecule is Cc1cccc(Oc2cc(NC(=O)C(C)n3nc(C(F)F)cc3C)cc([N+](=O)[O-])c2)c1. The Kier molecular flexibility index (Phi) is 6.28. The zero-order valence-corrected chi connectivity index (χ0v) is 17.0. The second kappa shape index (κ2) is 8.90. The number of halogens is 2. The number of alkyl halides is 2. The fraction of sp³-hybridized carbons (Fsp3) is 0.238. The molecular weight excluding hydrogens is 410 g/mol. The smallest absolute Gasteiger partial charge is 0.282 e. The molecule has 0 saturated heterocycles. The summed E-state index contributed by atoms with van der Waals surface area (Å²) in [6, 6.07) is 11.3. The van der Waals surface area contributed by atoms with Crippen LogP contribution in [-0.4, -0.2) is 20.6 Å². The summed E-state index contributed by atoms with van der Waals surface area (Å²) in [5, 5.41) is 17.7. The first-order chi connectivity index (χ1) is 14.6. The summed E-state index contributed by atoms with van der Waals surface area (Å²) in [5.74, 6) is 0.0740. The molecule has 1 atom stereocenters. The van der Waals surface area contributed by atoms with Gasteiger partial charge < -0.3 is 10.1 Å². The monoisotopic (exact) mass is 430 g/mol. The molecule has 0 saturated carbocycles. The Morgan fingerprint density at radius 3 is 2.52 bits per heavy atom. The van der Waals surface area contributed by atoms with Crippen LogP contribution in [0.1, 0.15) is 36.3 Å². The van der Waals surface area contributed by atoms with Crippen LogP contribution in [0, 0.1) is 24.0 Å². The third-order valence-corrected chi connectivity index (χ3v) is 4.51. The number of nitro benzene ring substituents is 1. The summed E-state index contributed by atoms with van der Waals surface area (Å²) in [6.45, 7) is 4.93. The molecule has 8 nitrogen and oxygen atoms in total. The number of hydrogen-bond donors (Lipinski definition) is 1. The van der Waals surface area contributed by atoms with Gasteiger partial charge in [-0.3, -0.25) is 19.6 Å². The summed E-state index contributed by atoms with van der Waals surface area (Å²) in [5.41, 5.74) is 0.765. The molecule has 2 aromatic carbocycles. The topological polar surface area (TPSA) is 99.3 Å². The standard InChI is InChI=1S/C21H20F2N4O4/c1-12-5-4-6-17(7-12)31-18-10-15(9-16(11-18)27(29)30)24-21(28)14(3)26-13(2)8-19(25-26)20(22)23/h4-11,14,20H,1-3H3,(H,24,28). The summed E-state index contributed by atoms with van der Waals surface area (Å²) >= 11 is 0. The molecular formula is C21H20F2N4O4. The molecule has 0 aliphatic heterocycles. The van der Waals surface area contributed by atoms with E-state index in [0.29, 0.717) is 11.4 Å². The molecule has 3 rings (SSSR count). The predicted octanol–water partition coefficient (Wildman–Crippen LogP) is 5.34. The molecule has 31 heavy (non-hydrogen) atoms. The Morgan fingerprint density at radius 1 is 1.16 bits per heavy atom. The lowest BCUT2D eigenvalue weighted by Gasteiger charge is -2.15. The van der Waals surface area contributed by atoms with Crippen molar-refractivity contribution in [1.29, 1.82) is 0 Å². The van der Waals surface area contributed by atoms with E-state index in [1.807, 2.05) is 13.0 Å². The van der Waals surface area contributed by atoms with Gasteiger partial charge >= 0.3 is 0 Å². The number of amides is 1. The molecule has 0 bridgehead atoms. The highest BCUT2D eigenvalue weighted by Gasteiger charge is 2.22. The molecule has 162 valence electrons. The average Bonchev–Trinajstić information content (AvgIpc) is 3.09. The Hall–Kier alpha value is -3.82. The van der Waals surface area contributed by atoms with Crippen LogP contribution in [0.25, 0.3) is 0 Å². The quantitative estimate of drug-likeness (QED) is 0.403. The van der Waals surface area contributed by atoms with Crippen LogP contribution in [0.5, 0.6) is 11.5 Å². The highest BCUT2D eigenvalue weighted by molar-refractivity contribution is 5.94. The van der Waals surface area contributed by atoms with E-state index in [-0.39, 0.29) is 17.1 Å². The van der Waals surface area contributed by atoms with Crippen molar-refractivity contribution in [3.05, 3.63) is 75.6 Å². The molecule has 0 aliphatic carbocycles. The zero-order valence-electron chi connectivity index (χ0n) is 17.0. The third-order valence-electron chi connectivity index (χ3n) is 4.51. The van der Waals surface area contributed by atoms with Crippen LogP contribution in [0.4, 0.5) is 20.2 Å². The number of aryl methyl sites for hydroxylation is 2. The van der Waals surface area contributed by atoms with Crippen molar-refractivity contribution >= 4 is 17.3 Å². The maximum atomic E-state index is 12.9. The van der Waals surface area contributed by atoms with E-state index in [1.54, 1.807) is 25.1 Å². The van der Waals surface area contributed by atoms with Gasteiger partial charge in [0.05, 0.1) is 16.7 Å². The normalized spacial score (nSPS) is 11.9. The van der Waals surface area contributed by atoms with E-state index in [0.717, 1.165) is 5.56 Å². The number of benzene rings is 2. The fourth-order valence-corrected chi connectivity index (χ4v) is 3.00. The minimum atomic E-state index is -2.76. The molecule has 0 aliphatic rings. The van der Waals surface area contributed by atoms with Gasteiger partial charge in [-0.15, -0.1) is 0 Å². The van der Waals surface area contributed by atoms with Gasteiger partial charge in [0.2, 0.25) is 5.91 Å². The van der Waals surface area contributed by atoms with Gasteiger partial charge in [-0.05, 0) is 44.5 Å². The van der Waals surface area contributed by atoms with Crippen molar-refractivity contribution in [2.24, 2.45) is 0 Å². The van der Waals surface area contributed by atoms with Crippen LogP contribution in [0.15, 0.2) is 48.5 Å². The van der Waals surface area contributed by atoms with Crippen LogP contribution in [-0.2, 0) is 4.79 Å². The summed E-state index contributed by atoms with van der Waals surface area (Å²) in [4.78, 5) is 23.4. The number of rotatable bonds is 7. The average molecular weight is 430 g/mol. The molecule has 1 amide bonds. The first kappa shape index (κ1) is 21.9. The number of carbonyl (C=O) groups excluding carboxylic acids is 1. The van der Waals surface area contributed by atoms with Gasteiger partial charge in [-0.25, -0.2) is 8.78 Å². The van der Waals surface area contributed by atoms with Crippen molar-refractivity contribution in [1.82, 2.24) is 9.78 Å². The van der Waals surface area contributed by atoms with E-state index in [4.69, 9.17) is 4.74 Å². The van der Waals surface area contributed by atoms with E-state index in [2.05, 4.69) is 10.4 Å². The van der Waals surface area contributed by atoms with E-state index < -0.39 is 29.0 Å². The number of nitrogens with one attached hydrogen (secondary N) is 1. The summed E-state index contributed by atoms with van der Waals surface area (Å²) in [6.07, 6.45) is -2.76. The molecule has 1 N–H and O–H groups in total. The summed E-state index contributed by atoms with van der Waals surface area (Å²) in [7, 11) is 0. The Bertz CT molecular complexity index is 1130. The van der Waals surface area contributed by atoms with Crippen molar-refractivity contribution in [3.63, 3.8) is 0 Å². The first-order valence-electron chi connectivity index (χ1n) is 9.33. The van der Waals surface area contributed by atoms with Crippen LogP contribution in [0.2, 0.25) is 0 Å². The fourth-order valence-electron chi connectivity index (χ4n) is 3.00. The van der Waals surface area contributed by atoms with Crippen molar-refractivity contribution < 1.29 is 23.2 Å². The highest BCUT2D eigenvalue weighted by atomic mass is 19.3. The predicted molar refractivity (Wildman–Crippen MR) is 110 cm³/mol. The van der Waals surface area contributed by atoms with Gasteiger partial charge in [0, 0.05) is 17.8 Å². The van der Waals surface area contributed by atoms with Gasteiger partial charge in [-0.1, -0.05) is 12.1 Å². The maximum Gasteiger partial charge on any atom is 0.282 e. The van der Waals surface area contributed by atoms with Gasteiger partial charge in [0.1, 0.15) is 23.2 Å². The zero-order chi connectivity index (χ0) is 22.7. The van der Waals surface area contributed by atoms with Gasteiger partial charge in [0.25, 0.3) is 12.1 Å². The number of hydrogen-bond acceptors (Lipinski definition) is 5. The molecule has 3 aromatic rings. The lowest BCUT2D eigenvalue weighted by atomic mass is 10.2. The van der Waals surface area contributed by atoms with Gasteiger partial charge in [0.15, 0.2) is 0 Å². The molecule has 1 aromatic heterocycles. The molecule has 0 fully saturated rings. The number of non-ortho nitro benzene ring substituents is 1. The maximum absolute atomic E-state index is 12.9. The van der Waals surface area contributed by atoms with Crippen molar-refractivity contribution in [3.8, 4) is 11.5 Å². The number of ether oxygens (including phenoxy) is 1. The number of anilines is 1. The molecule has 0 spiro atoms. The second-order valence-corrected chi connectivity index (χ2v) is 7.01. The largest absolute Gasteiger partial charge is 0.457 e. The highest BCUT2D eigenvalue weighted by Crippen LogP contribution is 2.30. The third kappa shape index (κ3) is 5.21. The lowest BCUT2D eigenvalue weighted by Crippen LogP contribution is -2.25. The first-order valence-corrected chi connectivity index (χ1v) is 9.33. The molecule has 0 radical (unpaired) electrons. The van der Waals surface area contributed by atoms with E-state index in [1.165, 1.54) is 35.9 Å². The van der Waals surface area contributed by atoms with Gasteiger partial charge in [-0.2, -0.15) is 5.10 Å². The Morgan fingerprint density at radius 2 is 1.90 bits per heavy atom. The van der Waals surface area contributed by atoms with E-state index in [9.17, 15) is 23.7 Å². The lowest BCUT2D eigenvalue weighted by molar-refractivity contribution is -0.384. The minimum absolute atomic E-state index is 0.132. The van der Waals surface area contributed by atoms with Crippen molar-refractivity contribution in [2.45, 2.75) is 33.2 Å². The summed E-state index contributed by atoms with van der Waals surface area (Å²) < 4.78 is 32.7. The van der Waals surface area contributed by atoms with Crippen LogP contribution >= 0.6 is 0 Å². The van der Waals surface area contributed by atoms with Crippen molar-refractivity contribution in [2.75, 3.05) is 5.32 Å². The molecule has 10 heteroatoms. The minimum Gasteiger partial charge on any atom is -0.457 e. The van der Waals surface area contributed by atoms with E-state index >= 15 is 0 Å². The number of nitro groups is 1.